The summed E-state index contributed by atoms with van der Waals surface area (Å²) < 4.78 is 0. The first-order valence-electron chi connectivity index (χ1n) is 9.84. The number of aryl methyl sites for hydroxylation is 1. The number of nitrogens with one attached hydrogen (secondary N) is 1. The van der Waals surface area contributed by atoms with Gasteiger partial charge in [0, 0.05) is 24.1 Å². The Morgan fingerprint density at radius 2 is 2.00 bits per heavy atom. The molecule has 2 atom stereocenters. The normalized spacial score (nSPS) is 16.6. The van der Waals surface area contributed by atoms with Gasteiger partial charge in [0.1, 0.15) is 12.1 Å². The van der Waals surface area contributed by atoms with Crippen molar-refractivity contribution < 1.29 is 9.90 Å². The van der Waals surface area contributed by atoms with Crippen molar-refractivity contribution in [2.24, 2.45) is 0 Å². The smallest absolute Gasteiger partial charge is 0.303 e. The average Bonchev–Trinajstić information content (AvgIpc) is 3.03. The fraction of sp³-hybridized carbons (Fsp3) is 0.524. The second-order valence-corrected chi connectivity index (χ2v) is 7.48. The summed E-state index contributed by atoms with van der Waals surface area (Å²) >= 11 is 0. The Kier molecular flexibility index (Phi) is 6.74. The summed E-state index contributed by atoms with van der Waals surface area (Å²) in [6.07, 6.45) is 12.4. The van der Waals surface area contributed by atoms with Crippen LogP contribution < -0.4 is 5.32 Å². The Bertz CT molecular complexity index is 751. The van der Waals surface area contributed by atoms with Crippen molar-refractivity contribution in [1.29, 1.82) is 0 Å². The van der Waals surface area contributed by atoms with Gasteiger partial charge >= 0.3 is 5.97 Å². The lowest BCUT2D eigenvalue weighted by Crippen LogP contribution is -2.09. The molecule has 1 aliphatic heterocycles. The molecule has 3 heterocycles. The molecule has 0 saturated carbocycles. The average molecular weight is 368 g/mol. The third kappa shape index (κ3) is 5.74. The molecule has 6 nitrogen and oxygen atoms in total. The zero-order valence-corrected chi connectivity index (χ0v) is 15.9. The minimum Gasteiger partial charge on any atom is -0.481 e. The van der Waals surface area contributed by atoms with Gasteiger partial charge in [-0.1, -0.05) is 25.3 Å². The van der Waals surface area contributed by atoms with E-state index in [1.165, 1.54) is 11.9 Å². The Balaban J connectivity index is 1.38. The third-order valence-electron chi connectivity index (χ3n) is 5.15. The van der Waals surface area contributed by atoms with Gasteiger partial charge in [-0.25, -0.2) is 15.0 Å². The number of carbonyl (C=O) groups is 1. The maximum atomic E-state index is 11.1. The zero-order valence-electron chi connectivity index (χ0n) is 15.9. The molecule has 0 fully saturated rings. The Morgan fingerprint density at radius 1 is 1.22 bits per heavy atom. The standard InChI is InChI=1S/C21H28N4O2/c1-15-10-17-8-9-19(25-21(17)24-15)7-5-3-2-4-6-16(11-20(26)27)18-12-22-14-23-13-18/h8-9,12-16H,2-7,10-11H2,1H3,(H,24,25)(H,26,27)/t15?,16-/m0/s1. The van der Waals surface area contributed by atoms with Crippen molar-refractivity contribution in [3.63, 3.8) is 0 Å². The van der Waals surface area contributed by atoms with Crippen molar-refractivity contribution >= 4 is 11.8 Å². The number of hydrogen-bond donors (Lipinski definition) is 2. The van der Waals surface area contributed by atoms with Crippen LogP contribution in [-0.2, 0) is 17.6 Å². The SMILES string of the molecule is CC1Cc2ccc(CCCCCC[C@@H](CC(=O)O)c3cncnc3)nc2N1. The summed E-state index contributed by atoms with van der Waals surface area (Å²) in [4.78, 5) is 23.9. The first-order chi connectivity index (χ1) is 13.1. The van der Waals surface area contributed by atoms with Crippen LogP contribution in [-0.4, -0.2) is 32.1 Å². The van der Waals surface area contributed by atoms with Crippen LogP contribution in [0.1, 0.15) is 68.2 Å². The van der Waals surface area contributed by atoms with E-state index in [2.05, 4.69) is 34.3 Å². The molecule has 3 rings (SSSR count). The van der Waals surface area contributed by atoms with Crippen molar-refractivity contribution in [3.05, 3.63) is 47.7 Å². The molecule has 1 aliphatic rings. The number of nitrogens with zero attached hydrogens (tertiary/aromatic N) is 3. The van der Waals surface area contributed by atoms with E-state index in [4.69, 9.17) is 10.1 Å². The Morgan fingerprint density at radius 3 is 2.78 bits per heavy atom. The van der Waals surface area contributed by atoms with Crippen molar-refractivity contribution in [3.8, 4) is 0 Å². The first-order valence-corrected chi connectivity index (χ1v) is 9.84. The van der Waals surface area contributed by atoms with E-state index in [0.29, 0.717) is 6.04 Å². The second kappa shape index (κ2) is 9.44. The summed E-state index contributed by atoms with van der Waals surface area (Å²) in [7, 11) is 0. The summed E-state index contributed by atoms with van der Waals surface area (Å²) in [5, 5.41) is 12.6. The molecule has 2 aromatic rings. The topological polar surface area (TPSA) is 88.0 Å². The molecule has 2 aromatic heterocycles. The van der Waals surface area contributed by atoms with E-state index in [-0.39, 0.29) is 12.3 Å². The highest BCUT2D eigenvalue weighted by Gasteiger charge is 2.18. The Hall–Kier alpha value is -2.50. The number of hydrogen-bond acceptors (Lipinski definition) is 5. The summed E-state index contributed by atoms with van der Waals surface area (Å²) in [6.45, 7) is 2.18. The highest BCUT2D eigenvalue weighted by molar-refractivity contribution is 5.68. The predicted octanol–water partition coefficient (Wildman–Crippen LogP) is 3.98. The van der Waals surface area contributed by atoms with Crippen LogP contribution in [0, 0.1) is 0 Å². The summed E-state index contributed by atoms with van der Waals surface area (Å²) in [6, 6.07) is 4.83. The molecule has 0 aliphatic carbocycles. The number of carboxylic acids is 1. The van der Waals surface area contributed by atoms with Gasteiger partial charge < -0.3 is 10.4 Å². The van der Waals surface area contributed by atoms with Gasteiger partial charge in [-0.2, -0.15) is 0 Å². The summed E-state index contributed by atoms with van der Waals surface area (Å²) in [5.74, 6) is 0.284. The van der Waals surface area contributed by atoms with Gasteiger partial charge in [-0.15, -0.1) is 0 Å². The van der Waals surface area contributed by atoms with Crippen LogP contribution in [0.15, 0.2) is 30.9 Å². The molecular weight excluding hydrogens is 340 g/mol. The fourth-order valence-corrected chi connectivity index (χ4v) is 3.74. The van der Waals surface area contributed by atoms with Gasteiger partial charge in [0.05, 0.1) is 6.42 Å². The van der Waals surface area contributed by atoms with Crippen LogP contribution in [0.4, 0.5) is 5.82 Å². The molecule has 6 heteroatoms. The molecule has 0 amide bonds. The fourth-order valence-electron chi connectivity index (χ4n) is 3.74. The second-order valence-electron chi connectivity index (χ2n) is 7.48. The maximum absolute atomic E-state index is 11.1. The minimum absolute atomic E-state index is 0.00450. The Labute approximate surface area is 160 Å². The van der Waals surface area contributed by atoms with Crippen molar-refractivity contribution in [2.75, 3.05) is 5.32 Å². The first kappa shape index (κ1) is 19.3. The molecule has 0 spiro atoms. The molecular formula is C21H28N4O2. The molecule has 2 N–H and O–H groups in total. The highest BCUT2D eigenvalue weighted by Crippen LogP contribution is 2.26. The van der Waals surface area contributed by atoms with Crippen LogP contribution in [0.3, 0.4) is 0 Å². The number of aromatic nitrogens is 3. The number of pyridine rings is 1. The molecule has 0 bridgehead atoms. The maximum Gasteiger partial charge on any atom is 0.303 e. The van der Waals surface area contributed by atoms with Crippen molar-refractivity contribution in [2.45, 2.75) is 70.3 Å². The number of unbranched alkanes of at least 4 members (excludes halogenated alkanes) is 3. The van der Waals surface area contributed by atoms with E-state index in [1.807, 2.05) is 0 Å². The molecule has 1 unspecified atom stereocenters. The van der Waals surface area contributed by atoms with Crippen LogP contribution in [0.25, 0.3) is 0 Å². The summed E-state index contributed by atoms with van der Waals surface area (Å²) in [5.41, 5.74) is 3.39. The number of aliphatic carboxylic acids is 1. The predicted molar refractivity (Wildman–Crippen MR) is 105 cm³/mol. The lowest BCUT2D eigenvalue weighted by molar-refractivity contribution is -0.137. The van der Waals surface area contributed by atoms with Gasteiger partial charge in [0.15, 0.2) is 0 Å². The molecule has 27 heavy (non-hydrogen) atoms. The minimum atomic E-state index is -0.769. The number of carboxylic acid groups (broad SMARTS) is 1. The largest absolute Gasteiger partial charge is 0.481 e. The van der Waals surface area contributed by atoms with E-state index in [1.54, 1.807) is 12.4 Å². The van der Waals surface area contributed by atoms with Gasteiger partial charge in [-0.3, -0.25) is 4.79 Å². The van der Waals surface area contributed by atoms with Gasteiger partial charge in [0.2, 0.25) is 0 Å². The van der Waals surface area contributed by atoms with E-state index >= 15 is 0 Å². The van der Waals surface area contributed by atoms with Gasteiger partial charge in [-0.05, 0) is 55.7 Å². The molecule has 0 aromatic carbocycles. The van der Waals surface area contributed by atoms with Crippen LogP contribution in [0.5, 0.6) is 0 Å². The monoisotopic (exact) mass is 368 g/mol. The highest BCUT2D eigenvalue weighted by atomic mass is 16.4. The van der Waals surface area contributed by atoms with Gasteiger partial charge in [0.25, 0.3) is 0 Å². The quantitative estimate of drug-likeness (QED) is 0.617. The molecule has 0 saturated heterocycles. The third-order valence-corrected chi connectivity index (χ3v) is 5.15. The van der Waals surface area contributed by atoms with E-state index in [0.717, 1.165) is 62.0 Å². The molecule has 0 radical (unpaired) electrons. The number of fused-ring (bicyclic) bond motifs is 1. The zero-order chi connectivity index (χ0) is 19.1. The van der Waals surface area contributed by atoms with Crippen molar-refractivity contribution in [1.82, 2.24) is 15.0 Å². The van der Waals surface area contributed by atoms with E-state index in [9.17, 15) is 4.79 Å². The lowest BCUT2D eigenvalue weighted by atomic mass is 9.92. The van der Waals surface area contributed by atoms with Crippen LogP contribution in [0.2, 0.25) is 0 Å². The lowest BCUT2D eigenvalue weighted by Gasteiger charge is -2.14. The number of anilines is 1. The molecule has 144 valence electrons. The van der Waals surface area contributed by atoms with Crippen LogP contribution >= 0.6 is 0 Å². The van der Waals surface area contributed by atoms with E-state index < -0.39 is 5.97 Å². The number of rotatable bonds is 10.